The molecule has 1 amide bonds. The molecule has 1 aromatic heterocycles. The topological polar surface area (TPSA) is 131 Å². The zero-order valence-corrected chi connectivity index (χ0v) is 20.7. The number of nitrogens with one attached hydrogen (secondary N) is 2. The van der Waals surface area contributed by atoms with Gasteiger partial charge in [0.2, 0.25) is 0 Å². The van der Waals surface area contributed by atoms with Crippen LogP contribution in [0.25, 0.3) is 5.57 Å². The van der Waals surface area contributed by atoms with E-state index >= 15 is 0 Å². The van der Waals surface area contributed by atoms with Gasteiger partial charge in [0.25, 0.3) is 5.91 Å². The van der Waals surface area contributed by atoms with Crippen molar-refractivity contribution < 1.29 is 19.7 Å². The van der Waals surface area contributed by atoms with Crippen LogP contribution in [0.5, 0.6) is 0 Å². The van der Waals surface area contributed by atoms with Crippen LogP contribution in [0.4, 0.5) is 5.69 Å². The fourth-order valence-corrected chi connectivity index (χ4v) is 5.62. The number of aliphatic hydroxyl groups excluding tert-OH is 2. The highest BCUT2D eigenvalue weighted by molar-refractivity contribution is 6.03. The van der Waals surface area contributed by atoms with E-state index in [2.05, 4.69) is 41.3 Å². The maximum atomic E-state index is 12.9. The molecule has 3 aliphatic rings. The van der Waals surface area contributed by atoms with Gasteiger partial charge in [-0.15, -0.1) is 0 Å². The Bertz CT molecular complexity index is 1260. The summed E-state index contributed by atoms with van der Waals surface area (Å²) < 4.78 is 6.12. The molecule has 5 rings (SSSR count). The highest BCUT2D eigenvalue weighted by Crippen LogP contribution is 2.50. The van der Waals surface area contributed by atoms with E-state index in [1.807, 2.05) is 30.4 Å². The Morgan fingerprint density at radius 1 is 1.25 bits per heavy atom. The quantitative estimate of drug-likeness (QED) is 0.454. The Kier molecular flexibility index (Phi) is 6.11. The SMILES string of the molecule is CC1(C)CC=C(c2cc(C3C[C@@]4(CO)C=C[C@@](CO)(C3)O4)ccc2NC(=O)c2ncc(C#N)[nH]2)CC1. The lowest BCUT2D eigenvalue weighted by Crippen LogP contribution is -2.48. The molecule has 1 unspecified atom stereocenters. The summed E-state index contributed by atoms with van der Waals surface area (Å²) in [7, 11) is 0. The number of allylic oxidation sites excluding steroid dienone is 2. The summed E-state index contributed by atoms with van der Waals surface area (Å²) in [5, 5.41) is 32.2. The van der Waals surface area contributed by atoms with E-state index < -0.39 is 17.1 Å². The van der Waals surface area contributed by atoms with E-state index in [4.69, 9.17) is 10.00 Å². The van der Waals surface area contributed by atoms with Gasteiger partial charge in [0, 0.05) is 11.3 Å². The van der Waals surface area contributed by atoms with E-state index in [0.717, 1.165) is 30.4 Å². The van der Waals surface area contributed by atoms with Crippen molar-refractivity contribution in [3.05, 3.63) is 65.3 Å². The van der Waals surface area contributed by atoms with Gasteiger partial charge in [-0.2, -0.15) is 5.26 Å². The number of rotatable bonds is 6. The standard InChI is InChI=1S/C28H32N4O4/c1-26(2)7-5-18(6-8-26)22-11-19(20-12-27(16-33)9-10-28(13-20,17-34)36-27)3-4-23(22)32-25(35)24-30-15-21(14-29)31-24/h3-5,9-11,15,20,33-34H,6-8,12-13,16-17H2,1-2H3,(H,30,31)(H,32,35)/t20?,27-,28+. The summed E-state index contributed by atoms with van der Waals surface area (Å²) in [6.45, 7) is 4.24. The van der Waals surface area contributed by atoms with Crippen molar-refractivity contribution in [1.29, 1.82) is 5.26 Å². The third-order valence-corrected chi connectivity index (χ3v) is 7.81. The Morgan fingerprint density at radius 2 is 1.97 bits per heavy atom. The molecule has 0 saturated carbocycles. The van der Waals surface area contributed by atoms with Crippen molar-refractivity contribution in [3.63, 3.8) is 0 Å². The molecule has 1 aromatic carbocycles. The molecule has 0 spiro atoms. The lowest BCUT2D eigenvalue weighted by Gasteiger charge is -2.43. The van der Waals surface area contributed by atoms with Crippen molar-refractivity contribution in [3.8, 4) is 6.07 Å². The first-order valence-electron chi connectivity index (χ1n) is 12.4. The third kappa shape index (κ3) is 4.50. The lowest BCUT2D eigenvalue weighted by atomic mass is 9.75. The minimum absolute atomic E-state index is 0.0699. The average molecular weight is 489 g/mol. The minimum Gasteiger partial charge on any atom is -0.393 e. The highest BCUT2D eigenvalue weighted by Gasteiger charge is 2.51. The predicted octanol–water partition coefficient (Wildman–Crippen LogP) is 4.05. The van der Waals surface area contributed by atoms with Crippen LogP contribution < -0.4 is 5.32 Å². The van der Waals surface area contributed by atoms with E-state index in [1.54, 1.807) is 0 Å². The first-order chi connectivity index (χ1) is 17.2. The van der Waals surface area contributed by atoms with Crippen LogP contribution >= 0.6 is 0 Å². The van der Waals surface area contributed by atoms with Gasteiger partial charge >= 0.3 is 0 Å². The summed E-state index contributed by atoms with van der Waals surface area (Å²) in [6, 6.07) is 8.00. The number of nitriles is 1. The molecule has 1 fully saturated rings. The normalized spacial score (nSPS) is 28.4. The molecule has 1 saturated heterocycles. The zero-order valence-electron chi connectivity index (χ0n) is 20.7. The molecule has 3 heterocycles. The molecule has 0 radical (unpaired) electrons. The second kappa shape index (κ2) is 9.00. The number of anilines is 1. The Morgan fingerprint density at radius 3 is 2.56 bits per heavy atom. The summed E-state index contributed by atoms with van der Waals surface area (Å²) in [4.78, 5) is 19.7. The Labute approximate surface area is 210 Å². The van der Waals surface area contributed by atoms with Gasteiger partial charge in [0.1, 0.15) is 23.0 Å². The Hall–Kier alpha value is -3.25. The number of aromatic nitrogens is 2. The summed E-state index contributed by atoms with van der Waals surface area (Å²) >= 11 is 0. The van der Waals surface area contributed by atoms with Crippen LogP contribution in [0, 0.1) is 16.7 Å². The molecule has 36 heavy (non-hydrogen) atoms. The van der Waals surface area contributed by atoms with Gasteiger partial charge in [-0.05, 0) is 66.7 Å². The molecule has 4 N–H and O–H groups in total. The number of benzene rings is 1. The van der Waals surface area contributed by atoms with Crippen molar-refractivity contribution in [2.45, 2.75) is 63.1 Å². The van der Waals surface area contributed by atoms with Crippen molar-refractivity contribution in [1.82, 2.24) is 9.97 Å². The van der Waals surface area contributed by atoms with Gasteiger partial charge < -0.3 is 25.3 Å². The lowest BCUT2D eigenvalue weighted by molar-refractivity contribution is -0.163. The molecule has 188 valence electrons. The number of nitrogens with zero attached hydrogens (tertiary/aromatic N) is 2. The second-order valence-corrected chi connectivity index (χ2v) is 11.1. The number of hydrogen-bond donors (Lipinski definition) is 4. The maximum Gasteiger partial charge on any atom is 0.291 e. The number of fused-ring (bicyclic) bond motifs is 2. The number of H-pyrrole nitrogens is 1. The summed E-state index contributed by atoms with van der Waals surface area (Å²) in [5.41, 5.74) is 2.81. The van der Waals surface area contributed by atoms with Crippen LogP contribution in [0.1, 0.15) is 79.3 Å². The third-order valence-electron chi connectivity index (χ3n) is 7.81. The van der Waals surface area contributed by atoms with Crippen molar-refractivity contribution in [2.75, 3.05) is 18.5 Å². The second-order valence-electron chi connectivity index (χ2n) is 11.1. The van der Waals surface area contributed by atoms with Crippen LogP contribution in [0.15, 0.2) is 42.6 Å². The fraction of sp³-hybridized carbons (Fsp3) is 0.464. The number of carbonyl (C=O) groups excluding carboxylic acids is 1. The first kappa shape index (κ1) is 24.4. The number of aromatic amines is 1. The molecule has 2 bridgehead atoms. The number of ether oxygens (including phenoxy) is 1. The van der Waals surface area contributed by atoms with E-state index in [0.29, 0.717) is 18.5 Å². The molecule has 2 aromatic rings. The number of carbonyl (C=O) groups is 1. The molecule has 3 atom stereocenters. The molecule has 1 aliphatic carbocycles. The van der Waals surface area contributed by atoms with Crippen LogP contribution in [-0.2, 0) is 4.74 Å². The van der Waals surface area contributed by atoms with Gasteiger partial charge in [0.05, 0.1) is 19.4 Å². The van der Waals surface area contributed by atoms with Gasteiger partial charge in [-0.25, -0.2) is 4.98 Å². The molecule has 8 nitrogen and oxygen atoms in total. The van der Waals surface area contributed by atoms with E-state index in [1.165, 1.54) is 11.8 Å². The maximum absolute atomic E-state index is 12.9. The predicted molar refractivity (Wildman–Crippen MR) is 135 cm³/mol. The van der Waals surface area contributed by atoms with Crippen LogP contribution in [0.2, 0.25) is 0 Å². The monoisotopic (exact) mass is 488 g/mol. The number of imidazole rings is 1. The fourth-order valence-electron chi connectivity index (χ4n) is 5.62. The van der Waals surface area contributed by atoms with E-state index in [-0.39, 0.29) is 36.1 Å². The molecular formula is C28H32N4O4. The van der Waals surface area contributed by atoms with Crippen molar-refractivity contribution in [2.24, 2.45) is 5.41 Å². The van der Waals surface area contributed by atoms with E-state index in [9.17, 15) is 15.0 Å². The van der Waals surface area contributed by atoms with Crippen LogP contribution in [-0.4, -0.2) is 50.5 Å². The average Bonchev–Trinajstić information content (AvgIpc) is 3.47. The smallest absolute Gasteiger partial charge is 0.291 e. The summed E-state index contributed by atoms with van der Waals surface area (Å²) in [6.07, 6.45) is 11.5. The molecule has 2 aliphatic heterocycles. The summed E-state index contributed by atoms with van der Waals surface area (Å²) in [5.74, 6) is -0.253. The number of hydrogen-bond acceptors (Lipinski definition) is 6. The Balaban J connectivity index is 1.49. The first-order valence-corrected chi connectivity index (χ1v) is 12.4. The molecular weight excluding hydrogens is 456 g/mol. The number of aliphatic hydroxyl groups is 2. The van der Waals surface area contributed by atoms with Gasteiger partial charge in [-0.1, -0.05) is 38.1 Å². The van der Waals surface area contributed by atoms with Crippen molar-refractivity contribution >= 4 is 17.2 Å². The highest BCUT2D eigenvalue weighted by atomic mass is 16.5. The van der Waals surface area contributed by atoms with Crippen LogP contribution in [0.3, 0.4) is 0 Å². The molecule has 8 heteroatoms. The van der Waals surface area contributed by atoms with Gasteiger partial charge in [-0.3, -0.25) is 4.79 Å². The zero-order chi connectivity index (χ0) is 25.6. The largest absolute Gasteiger partial charge is 0.393 e. The number of amides is 1. The van der Waals surface area contributed by atoms with Gasteiger partial charge in [0.15, 0.2) is 5.82 Å². The minimum atomic E-state index is -0.787.